The monoisotopic (exact) mass is 477 g/mol. The highest BCUT2D eigenvalue weighted by molar-refractivity contribution is 7.92. The van der Waals surface area contributed by atoms with Crippen LogP contribution in [0.15, 0.2) is 35.5 Å². The van der Waals surface area contributed by atoms with Gasteiger partial charge in [0.25, 0.3) is 0 Å². The Kier molecular flexibility index (Phi) is 6.94. The van der Waals surface area contributed by atoms with Crippen molar-refractivity contribution in [1.29, 1.82) is 0 Å². The zero-order valence-corrected chi connectivity index (χ0v) is 19.8. The highest BCUT2D eigenvalue weighted by Gasteiger charge is 2.36. The molecule has 1 aliphatic carbocycles. The Morgan fingerprint density at radius 2 is 1.82 bits per heavy atom. The molecule has 1 aliphatic heterocycles. The molecule has 1 saturated carbocycles. The van der Waals surface area contributed by atoms with Crippen molar-refractivity contribution in [1.82, 2.24) is 14.9 Å². The molecule has 1 unspecified atom stereocenters. The van der Waals surface area contributed by atoms with Crippen LogP contribution < -0.4 is 9.47 Å². The predicted molar refractivity (Wildman–Crippen MR) is 119 cm³/mol. The van der Waals surface area contributed by atoms with E-state index < -0.39 is 22.6 Å². The van der Waals surface area contributed by atoms with Crippen molar-refractivity contribution < 1.29 is 27.9 Å². The van der Waals surface area contributed by atoms with Crippen molar-refractivity contribution in [2.45, 2.75) is 68.3 Å². The fraction of sp³-hybridized carbons (Fsp3) is 0.522. The Bertz CT molecular complexity index is 990. The summed E-state index contributed by atoms with van der Waals surface area (Å²) in [5.74, 6) is -0.164. The van der Waals surface area contributed by atoms with Gasteiger partial charge in [-0.2, -0.15) is 0 Å². The molecule has 1 aromatic heterocycles. The van der Waals surface area contributed by atoms with Gasteiger partial charge in [-0.25, -0.2) is 19.2 Å². The van der Waals surface area contributed by atoms with Gasteiger partial charge in [-0.15, -0.1) is 0 Å². The number of piperidine rings is 1. The van der Waals surface area contributed by atoms with Crippen LogP contribution in [0.3, 0.4) is 0 Å². The van der Waals surface area contributed by atoms with Crippen LogP contribution in [0.2, 0.25) is 0 Å². The minimum Gasteiger partial charge on any atom is -0.611 e. The molecule has 33 heavy (non-hydrogen) atoms. The number of ether oxygens (including phenoxy) is 3. The zero-order chi connectivity index (χ0) is 23.6. The van der Waals surface area contributed by atoms with Crippen LogP contribution in [-0.2, 0) is 15.9 Å². The molecular weight excluding hydrogens is 449 g/mol. The molecule has 10 heteroatoms. The van der Waals surface area contributed by atoms with E-state index in [9.17, 15) is 13.7 Å². The Labute approximate surface area is 195 Å². The van der Waals surface area contributed by atoms with Gasteiger partial charge >= 0.3 is 6.09 Å². The minimum atomic E-state index is -1.18. The lowest BCUT2D eigenvalue weighted by molar-refractivity contribution is 0.0123. The van der Waals surface area contributed by atoms with Gasteiger partial charge < -0.3 is 23.7 Å². The Balaban J connectivity index is 1.32. The molecule has 1 saturated heterocycles. The fourth-order valence-corrected chi connectivity index (χ4v) is 4.74. The highest BCUT2D eigenvalue weighted by Crippen LogP contribution is 2.35. The van der Waals surface area contributed by atoms with Crippen molar-refractivity contribution >= 4 is 17.3 Å². The number of rotatable bonds is 6. The standard InChI is InChI=1S/C23H28FN3O5S/c1-23(2,3)32-22(28)27-10-8-15(9-11-27)30-20-13-21(26-14-25-20)31-19-7-6-17(12-18(19)24)33(29)16-4-5-16/h6-7,12-16H,4-5,8-11H2,1-3H3. The number of hydrogen-bond donors (Lipinski definition) is 0. The predicted octanol–water partition coefficient (Wildman–Crippen LogP) is 4.46. The summed E-state index contributed by atoms with van der Waals surface area (Å²) in [6, 6.07) is 5.82. The molecule has 1 aromatic carbocycles. The summed E-state index contributed by atoms with van der Waals surface area (Å²) >= 11 is -1.18. The van der Waals surface area contributed by atoms with E-state index >= 15 is 0 Å². The zero-order valence-electron chi connectivity index (χ0n) is 19.0. The third-order valence-corrected chi connectivity index (χ3v) is 6.97. The van der Waals surface area contributed by atoms with Gasteiger partial charge in [-0.1, -0.05) is 0 Å². The molecule has 2 fully saturated rings. The van der Waals surface area contributed by atoms with Gasteiger partial charge in [0.2, 0.25) is 11.8 Å². The first kappa shape index (κ1) is 23.6. The van der Waals surface area contributed by atoms with E-state index in [2.05, 4.69) is 9.97 Å². The molecule has 0 spiro atoms. The van der Waals surface area contributed by atoms with Crippen molar-refractivity contribution in [2.24, 2.45) is 0 Å². The summed E-state index contributed by atoms with van der Waals surface area (Å²) in [5, 5.41) is 0.133. The first-order valence-corrected chi connectivity index (χ1v) is 12.2. The molecule has 1 atom stereocenters. The number of nitrogens with zero attached hydrogens (tertiary/aromatic N) is 3. The Hall–Kier alpha value is -2.59. The molecule has 178 valence electrons. The number of carbonyl (C=O) groups excluding carboxylic acids is 1. The highest BCUT2D eigenvalue weighted by atomic mass is 32.2. The van der Waals surface area contributed by atoms with Crippen LogP contribution in [0.5, 0.6) is 17.5 Å². The summed E-state index contributed by atoms with van der Waals surface area (Å²) in [5.41, 5.74) is -0.532. The second-order valence-electron chi connectivity index (χ2n) is 9.17. The minimum absolute atomic E-state index is 0.0122. The van der Waals surface area contributed by atoms with E-state index in [4.69, 9.17) is 14.2 Å². The third kappa shape index (κ3) is 6.48. The van der Waals surface area contributed by atoms with Crippen molar-refractivity contribution in [3.63, 3.8) is 0 Å². The quantitative estimate of drug-likeness (QED) is 0.567. The van der Waals surface area contributed by atoms with Crippen LogP contribution in [0.1, 0.15) is 46.5 Å². The Morgan fingerprint density at radius 3 is 2.45 bits per heavy atom. The first-order valence-electron chi connectivity index (χ1n) is 11.0. The molecule has 0 bridgehead atoms. The molecule has 1 amide bonds. The lowest BCUT2D eigenvalue weighted by atomic mass is 10.1. The Morgan fingerprint density at radius 1 is 1.12 bits per heavy atom. The summed E-state index contributed by atoms with van der Waals surface area (Å²) in [4.78, 5) is 22.5. The van der Waals surface area contributed by atoms with Crippen LogP contribution in [0.4, 0.5) is 9.18 Å². The molecular formula is C23H28FN3O5S. The second-order valence-corrected chi connectivity index (χ2v) is 10.9. The topological polar surface area (TPSA) is 96.8 Å². The molecule has 8 nitrogen and oxygen atoms in total. The average molecular weight is 478 g/mol. The smallest absolute Gasteiger partial charge is 0.410 e. The summed E-state index contributed by atoms with van der Waals surface area (Å²) in [7, 11) is 0. The normalized spacial score (nSPS) is 18.0. The summed E-state index contributed by atoms with van der Waals surface area (Å²) in [6.07, 6.45) is 3.93. The van der Waals surface area contributed by atoms with E-state index in [0.29, 0.717) is 36.7 Å². The van der Waals surface area contributed by atoms with Crippen molar-refractivity contribution in [3.05, 3.63) is 36.4 Å². The van der Waals surface area contributed by atoms with Crippen molar-refractivity contribution in [3.8, 4) is 17.5 Å². The van der Waals surface area contributed by atoms with Crippen LogP contribution in [0, 0.1) is 5.82 Å². The number of amides is 1. The van der Waals surface area contributed by atoms with E-state index in [-0.39, 0.29) is 29.1 Å². The largest absolute Gasteiger partial charge is 0.611 e. The number of aromatic nitrogens is 2. The maximum Gasteiger partial charge on any atom is 0.410 e. The lowest BCUT2D eigenvalue weighted by Crippen LogP contribution is -2.44. The van der Waals surface area contributed by atoms with Gasteiger partial charge in [-0.3, -0.25) is 0 Å². The van der Waals surface area contributed by atoms with E-state index in [0.717, 1.165) is 12.8 Å². The number of carbonyl (C=O) groups is 1. The molecule has 2 heterocycles. The molecule has 0 radical (unpaired) electrons. The van der Waals surface area contributed by atoms with Gasteiger partial charge in [-0.05, 0) is 44.1 Å². The lowest BCUT2D eigenvalue weighted by Gasteiger charge is -2.33. The van der Waals surface area contributed by atoms with E-state index in [1.807, 2.05) is 20.8 Å². The molecule has 2 aliphatic rings. The van der Waals surface area contributed by atoms with Crippen molar-refractivity contribution in [2.75, 3.05) is 13.1 Å². The van der Waals surface area contributed by atoms with E-state index in [1.165, 1.54) is 24.5 Å². The molecule has 4 rings (SSSR count). The SMILES string of the molecule is CC(C)(C)OC(=O)N1CCC(Oc2cc(Oc3ccc([S+]([O-])C4CC4)cc3F)ncn2)CC1. The number of likely N-dealkylation sites (tertiary alicyclic amines) is 1. The molecule has 2 aromatic rings. The van der Waals surface area contributed by atoms with Gasteiger partial charge in [0.1, 0.15) is 23.3 Å². The van der Waals surface area contributed by atoms with Gasteiger partial charge in [0.15, 0.2) is 16.5 Å². The van der Waals surface area contributed by atoms with Gasteiger partial charge in [0.05, 0.1) is 6.07 Å². The maximum absolute atomic E-state index is 14.5. The molecule has 0 N–H and O–H groups in total. The van der Waals surface area contributed by atoms with Crippen LogP contribution >= 0.6 is 0 Å². The summed E-state index contributed by atoms with van der Waals surface area (Å²) in [6.45, 7) is 6.56. The van der Waals surface area contributed by atoms with E-state index in [1.54, 1.807) is 11.0 Å². The fourth-order valence-electron chi connectivity index (χ4n) is 3.37. The average Bonchev–Trinajstić information content (AvgIpc) is 3.60. The third-order valence-electron chi connectivity index (χ3n) is 5.18. The second kappa shape index (κ2) is 9.72. The van der Waals surface area contributed by atoms with Crippen LogP contribution in [-0.4, -0.2) is 55.6 Å². The maximum atomic E-state index is 14.5. The van der Waals surface area contributed by atoms with Crippen LogP contribution in [0.25, 0.3) is 0 Å². The number of hydrogen-bond acceptors (Lipinski definition) is 7. The van der Waals surface area contributed by atoms with Gasteiger partial charge in [0, 0.05) is 44.8 Å². The first-order chi connectivity index (χ1) is 15.7. The number of halogens is 1. The summed E-state index contributed by atoms with van der Waals surface area (Å²) < 4.78 is 43.6. The number of benzene rings is 1.